The highest BCUT2D eigenvalue weighted by Gasteiger charge is 2.51. The van der Waals surface area contributed by atoms with Gasteiger partial charge >= 0.3 is 0 Å². The molecule has 1 saturated carbocycles. The van der Waals surface area contributed by atoms with E-state index in [9.17, 15) is 9.59 Å². The molecular formula is C33H44N6O2. The van der Waals surface area contributed by atoms with Crippen LogP contribution >= 0.6 is 0 Å². The maximum Gasteiger partial charge on any atom is 0.275 e. The molecule has 1 unspecified atom stereocenters. The van der Waals surface area contributed by atoms with Gasteiger partial charge in [0.2, 0.25) is 0 Å². The average Bonchev–Trinajstić information content (AvgIpc) is 3.59. The van der Waals surface area contributed by atoms with E-state index < -0.39 is 5.66 Å². The zero-order chi connectivity index (χ0) is 29.0. The summed E-state index contributed by atoms with van der Waals surface area (Å²) in [4.78, 5) is 38.9. The number of rotatable bonds is 9. The fourth-order valence-corrected chi connectivity index (χ4v) is 6.28. The number of carbonyl (C=O) groups is 2. The van der Waals surface area contributed by atoms with E-state index in [0.717, 1.165) is 56.1 Å². The molecule has 5 rings (SSSR count). The Balaban J connectivity index is 1.46. The predicted molar refractivity (Wildman–Crippen MR) is 164 cm³/mol. The lowest BCUT2D eigenvalue weighted by atomic mass is 9.78. The van der Waals surface area contributed by atoms with E-state index >= 15 is 0 Å². The highest BCUT2D eigenvalue weighted by molar-refractivity contribution is 6.46. The highest BCUT2D eigenvalue weighted by atomic mass is 16.2. The van der Waals surface area contributed by atoms with E-state index in [1.54, 1.807) is 0 Å². The van der Waals surface area contributed by atoms with E-state index in [1.165, 1.54) is 0 Å². The Kier molecular flexibility index (Phi) is 8.59. The van der Waals surface area contributed by atoms with Crippen LogP contribution in [0.2, 0.25) is 0 Å². The van der Waals surface area contributed by atoms with Crippen molar-refractivity contribution in [3.8, 4) is 0 Å². The summed E-state index contributed by atoms with van der Waals surface area (Å²) in [5.41, 5.74) is 8.52. The van der Waals surface area contributed by atoms with Gasteiger partial charge in [0.25, 0.3) is 11.8 Å². The molecule has 1 spiro atoms. The minimum absolute atomic E-state index is 0.0188. The zero-order valence-corrected chi connectivity index (χ0v) is 24.9. The van der Waals surface area contributed by atoms with Crippen molar-refractivity contribution in [1.82, 2.24) is 21.1 Å². The van der Waals surface area contributed by atoms with Gasteiger partial charge in [-0.3, -0.25) is 19.6 Å². The van der Waals surface area contributed by atoms with E-state index in [2.05, 4.69) is 53.8 Å². The van der Waals surface area contributed by atoms with Crippen molar-refractivity contribution in [3.05, 3.63) is 71.3 Å². The van der Waals surface area contributed by atoms with Gasteiger partial charge in [-0.25, -0.2) is 5.43 Å². The largest absolute Gasteiger partial charge is 0.345 e. The molecular weight excluding hydrogens is 512 g/mol. The van der Waals surface area contributed by atoms with Gasteiger partial charge in [-0.2, -0.15) is 0 Å². The van der Waals surface area contributed by atoms with Crippen LogP contribution in [0.3, 0.4) is 0 Å². The number of nitrogens with zero attached hydrogens (tertiary/aromatic N) is 3. The maximum absolute atomic E-state index is 14.4. The molecule has 1 atom stereocenters. The molecule has 3 aliphatic rings. The minimum atomic E-state index is -0.532. The number of hydrogen-bond acceptors (Lipinski definition) is 6. The van der Waals surface area contributed by atoms with Gasteiger partial charge in [-0.1, -0.05) is 76.6 Å². The summed E-state index contributed by atoms with van der Waals surface area (Å²) in [7, 11) is 0. The van der Waals surface area contributed by atoms with E-state index in [0.29, 0.717) is 36.2 Å². The monoisotopic (exact) mass is 556 g/mol. The van der Waals surface area contributed by atoms with Gasteiger partial charge in [0.1, 0.15) is 23.9 Å². The molecule has 41 heavy (non-hydrogen) atoms. The number of nitrogens with one attached hydrogen (secondary N) is 3. The topological polar surface area (TPSA) is 98.2 Å². The third kappa shape index (κ3) is 6.53. The molecule has 0 bridgehead atoms. The predicted octanol–water partition coefficient (Wildman–Crippen LogP) is 5.38. The number of amidine groups is 1. The molecule has 8 heteroatoms. The van der Waals surface area contributed by atoms with E-state index in [4.69, 9.17) is 4.99 Å². The molecule has 2 heterocycles. The van der Waals surface area contributed by atoms with Crippen LogP contribution in [0.4, 0.5) is 0 Å². The van der Waals surface area contributed by atoms with Crippen LogP contribution in [0.15, 0.2) is 64.6 Å². The molecule has 2 aliphatic heterocycles. The first-order chi connectivity index (χ1) is 19.7. The van der Waals surface area contributed by atoms with Gasteiger partial charge in [-0.05, 0) is 67.6 Å². The Bertz CT molecular complexity index is 1290. The third-order valence-electron chi connectivity index (χ3n) is 8.76. The number of carbonyl (C=O) groups excluding carboxylic acids is 2. The van der Waals surface area contributed by atoms with Gasteiger partial charge < -0.3 is 15.6 Å². The van der Waals surface area contributed by atoms with E-state index in [1.807, 2.05) is 54.6 Å². The number of amides is 2. The van der Waals surface area contributed by atoms with Crippen LogP contribution < -0.4 is 16.2 Å². The second-order valence-corrected chi connectivity index (χ2v) is 12.8. The summed E-state index contributed by atoms with van der Waals surface area (Å²) >= 11 is 0. The zero-order valence-electron chi connectivity index (χ0n) is 24.9. The first-order valence-corrected chi connectivity index (χ1v) is 15.1. The summed E-state index contributed by atoms with van der Waals surface area (Å²) in [5, 5.41) is 2.92. The Hall–Kier alpha value is -3.52. The Morgan fingerprint density at radius 2 is 1.80 bits per heavy atom. The van der Waals surface area contributed by atoms with Crippen molar-refractivity contribution in [2.45, 2.75) is 84.3 Å². The SMILES string of the molecule is CCC1CCC2(CC1)N=C(c1ccccc1)C(=O)N2C(CCC(C)(C)C)c1ccc(C(=O)NCC2=NCNN2)cc1. The fraction of sp³-hybridized carbons (Fsp3) is 0.515. The van der Waals surface area contributed by atoms with Gasteiger partial charge in [0.15, 0.2) is 0 Å². The van der Waals surface area contributed by atoms with Gasteiger partial charge in [-0.15, -0.1) is 0 Å². The van der Waals surface area contributed by atoms with Gasteiger partial charge in [0, 0.05) is 11.1 Å². The van der Waals surface area contributed by atoms with Crippen LogP contribution in [0.1, 0.15) is 100 Å². The van der Waals surface area contributed by atoms with Crippen molar-refractivity contribution in [1.29, 1.82) is 0 Å². The molecule has 0 saturated heterocycles. The molecule has 2 amide bonds. The number of aliphatic imine (C=N–C) groups is 2. The summed E-state index contributed by atoms with van der Waals surface area (Å²) < 4.78 is 0. The smallest absolute Gasteiger partial charge is 0.275 e. The minimum Gasteiger partial charge on any atom is -0.345 e. The molecule has 218 valence electrons. The molecule has 0 radical (unpaired) electrons. The Morgan fingerprint density at radius 1 is 1.10 bits per heavy atom. The fourth-order valence-electron chi connectivity index (χ4n) is 6.28. The quantitative estimate of drug-likeness (QED) is 0.387. The molecule has 2 aromatic carbocycles. The van der Waals surface area contributed by atoms with Crippen molar-refractivity contribution >= 4 is 23.4 Å². The molecule has 1 aliphatic carbocycles. The van der Waals surface area contributed by atoms with Crippen LogP contribution in [-0.4, -0.2) is 47.1 Å². The van der Waals surface area contributed by atoms with Crippen LogP contribution in [-0.2, 0) is 4.79 Å². The summed E-state index contributed by atoms with van der Waals surface area (Å²) in [5.74, 6) is 1.26. The Morgan fingerprint density at radius 3 is 2.41 bits per heavy atom. The second-order valence-electron chi connectivity index (χ2n) is 12.8. The summed E-state index contributed by atoms with van der Waals surface area (Å²) in [6.07, 6.45) is 6.87. The van der Waals surface area contributed by atoms with Crippen LogP contribution in [0, 0.1) is 11.3 Å². The lowest BCUT2D eigenvalue weighted by Crippen LogP contribution is -2.51. The van der Waals surface area contributed by atoms with Crippen molar-refractivity contribution in [2.24, 2.45) is 21.3 Å². The first kappa shape index (κ1) is 29.0. The molecule has 1 fully saturated rings. The second kappa shape index (κ2) is 12.1. The standard InChI is InChI=1S/C33H44N6O2/c1-5-23-15-19-33(20-16-23)37-29(25-9-7-6-8-10-25)31(41)39(33)27(17-18-32(2,3)4)24-11-13-26(14-12-24)30(40)34-21-28-35-22-36-38-28/h6-14,23,27,36H,5,15-22H2,1-4H3,(H,34,40)(H,35,38). The normalized spacial score (nSPS) is 23.3. The third-order valence-corrected chi connectivity index (χ3v) is 8.76. The first-order valence-electron chi connectivity index (χ1n) is 15.1. The summed E-state index contributed by atoms with van der Waals surface area (Å²) in [6, 6.07) is 17.6. The van der Waals surface area contributed by atoms with Crippen LogP contribution in [0.25, 0.3) is 0 Å². The molecule has 8 nitrogen and oxygen atoms in total. The number of benzene rings is 2. The highest BCUT2D eigenvalue weighted by Crippen LogP contribution is 2.48. The van der Waals surface area contributed by atoms with Crippen LogP contribution in [0.5, 0.6) is 0 Å². The van der Waals surface area contributed by atoms with Crippen molar-refractivity contribution < 1.29 is 9.59 Å². The lowest BCUT2D eigenvalue weighted by molar-refractivity contribution is -0.133. The van der Waals surface area contributed by atoms with Crippen molar-refractivity contribution in [2.75, 3.05) is 13.2 Å². The van der Waals surface area contributed by atoms with Crippen molar-refractivity contribution in [3.63, 3.8) is 0 Å². The van der Waals surface area contributed by atoms with Gasteiger partial charge in [0.05, 0.1) is 12.6 Å². The molecule has 2 aromatic rings. The maximum atomic E-state index is 14.4. The summed E-state index contributed by atoms with van der Waals surface area (Å²) in [6.45, 7) is 9.84. The number of hydrogen-bond donors (Lipinski definition) is 3. The average molecular weight is 557 g/mol. The Labute approximate surface area is 244 Å². The molecule has 3 N–H and O–H groups in total. The number of hydrazine groups is 1. The van der Waals surface area contributed by atoms with E-state index in [-0.39, 0.29) is 23.3 Å². The lowest BCUT2D eigenvalue weighted by Gasteiger charge is -2.45. The molecule has 0 aromatic heterocycles.